The minimum atomic E-state index is -1.11. The van der Waals surface area contributed by atoms with Crippen LogP contribution in [0.4, 0.5) is 0 Å². The summed E-state index contributed by atoms with van der Waals surface area (Å²) in [5.41, 5.74) is 0.638. The SMILES string of the molecule is CC(C)(C)NC(=O)[C@H]1OC(=O)C2=C(c3ccccc3)[C@@H]3C=C[C@@]21O3. The Kier molecular flexibility index (Phi) is 3.03. The number of nitrogens with one attached hydrogen (secondary N) is 1. The number of hydrogen-bond donors (Lipinski definition) is 1. The second-order valence-electron chi connectivity index (χ2n) is 7.37. The predicted octanol–water partition coefficient (Wildman–Crippen LogP) is 1.99. The third-order valence-electron chi connectivity index (χ3n) is 4.42. The number of rotatable bonds is 2. The number of carbonyl (C=O) groups excluding carboxylic acids is 2. The van der Waals surface area contributed by atoms with Gasteiger partial charge in [0, 0.05) is 11.1 Å². The third-order valence-corrected chi connectivity index (χ3v) is 4.42. The highest BCUT2D eigenvalue weighted by Crippen LogP contribution is 2.53. The van der Waals surface area contributed by atoms with Gasteiger partial charge in [0.1, 0.15) is 6.10 Å². The maximum atomic E-state index is 12.7. The van der Waals surface area contributed by atoms with Gasteiger partial charge < -0.3 is 14.8 Å². The molecule has 3 aliphatic heterocycles. The lowest BCUT2D eigenvalue weighted by molar-refractivity contribution is -0.153. The van der Waals surface area contributed by atoms with Crippen LogP contribution in [0, 0.1) is 0 Å². The second kappa shape index (κ2) is 4.80. The zero-order valence-electron chi connectivity index (χ0n) is 13.8. The maximum absolute atomic E-state index is 12.7. The van der Waals surface area contributed by atoms with Crippen molar-refractivity contribution in [2.45, 2.75) is 44.1 Å². The minimum absolute atomic E-state index is 0.319. The van der Waals surface area contributed by atoms with Gasteiger partial charge in [-0.05, 0) is 32.4 Å². The van der Waals surface area contributed by atoms with Gasteiger partial charge >= 0.3 is 5.97 Å². The van der Waals surface area contributed by atoms with E-state index < -0.39 is 23.2 Å². The van der Waals surface area contributed by atoms with Crippen molar-refractivity contribution in [3.8, 4) is 0 Å². The van der Waals surface area contributed by atoms with Crippen LogP contribution < -0.4 is 5.32 Å². The molecule has 5 heteroatoms. The molecule has 124 valence electrons. The molecule has 1 fully saturated rings. The molecule has 0 unspecified atom stereocenters. The molecular formula is C19H19NO4. The molecule has 1 spiro atoms. The van der Waals surface area contributed by atoms with Gasteiger partial charge in [0.05, 0.1) is 5.57 Å². The Morgan fingerprint density at radius 1 is 1.21 bits per heavy atom. The second-order valence-corrected chi connectivity index (χ2v) is 7.37. The number of cyclic esters (lactones) is 1. The number of esters is 1. The molecule has 1 aromatic rings. The third kappa shape index (κ3) is 2.04. The van der Waals surface area contributed by atoms with Crippen molar-refractivity contribution >= 4 is 17.4 Å². The molecule has 1 aromatic carbocycles. The van der Waals surface area contributed by atoms with E-state index in [2.05, 4.69) is 5.32 Å². The van der Waals surface area contributed by atoms with Crippen molar-refractivity contribution in [1.29, 1.82) is 0 Å². The van der Waals surface area contributed by atoms with E-state index in [0.29, 0.717) is 5.57 Å². The normalized spacial score (nSPS) is 30.5. The van der Waals surface area contributed by atoms with Crippen LogP contribution in [0.15, 0.2) is 48.1 Å². The summed E-state index contributed by atoms with van der Waals surface area (Å²) < 4.78 is 11.5. The summed E-state index contributed by atoms with van der Waals surface area (Å²) in [7, 11) is 0. The number of carbonyl (C=O) groups is 2. The molecule has 1 N–H and O–H groups in total. The molecule has 4 rings (SSSR count). The molecule has 3 heterocycles. The van der Waals surface area contributed by atoms with E-state index in [-0.39, 0.29) is 12.0 Å². The molecule has 3 atom stereocenters. The molecule has 0 aromatic heterocycles. The molecule has 2 bridgehead atoms. The number of fused-ring (bicyclic) bond motifs is 1. The van der Waals surface area contributed by atoms with Crippen LogP contribution in [-0.4, -0.2) is 35.2 Å². The highest BCUT2D eigenvalue weighted by Gasteiger charge is 2.65. The fourth-order valence-corrected chi connectivity index (χ4v) is 3.58. The van der Waals surface area contributed by atoms with Crippen LogP contribution in [0.3, 0.4) is 0 Å². The van der Waals surface area contributed by atoms with E-state index in [0.717, 1.165) is 11.1 Å². The minimum Gasteiger partial charge on any atom is -0.445 e. The van der Waals surface area contributed by atoms with Crippen molar-refractivity contribution in [3.63, 3.8) is 0 Å². The lowest BCUT2D eigenvalue weighted by Crippen LogP contribution is -2.52. The average Bonchev–Trinajstić information content (AvgIpc) is 3.15. The molecule has 0 radical (unpaired) electrons. The van der Waals surface area contributed by atoms with Gasteiger partial charge in [-0.1, -0.05) is 36.4 Å². The van der Waals surface area contributed by atoms with E-state index in [9.17, 15) is 9.59 Å². The van der Waals surface area contributed by atoms with Crippen molar-refractivity contribution in [3.05, 3.63) is 53.6 Å². The van der Waals surface area contributed by atoms with E-state index >= 15 is 0 Å². The first-order chi connectivity index (χ1) is 11.3. The molecule has 0 aliphatic carbocycles. The van der Waals surface area contributed by atoms with Gasteiger partial charge in [0.25, 0.3) is 5.91 Å². The summed E-state index contributed by atoms with van der Waals surface area (Å²) in [6.45, 7) is 5.65. The molecular weight excluding hydrogens is 306 g/mol. The summed E-state index contributed by atoms with van der Waals surface area (Å²) in [6.07, 6.45) is 2.37. The monoisotopic (exact) mass is 325 g/mol. The van der Waals surface area contributed by atoms with Crippen molar-refractivity contribution in [2.75, 3.05) is 0 Å². The van der Waals surface area contributed by atoms with Crippen molar-refractivity contribution < 1.29 is 19.1 Å². The van der Waals surface area contributed by atoms with E-state index in [1.54, 1.807) is 6.08 Å². The predicted molar refractivity (Wildman–Crippen MR) is 87.9 cm³/mol. The fraction of sp³-hybridized carbons (Fsp3) is 0.368. The zero-order valence-corrected chi connectivity index (χ0v) is 13.8. The quantitative estimate of drug-likeness (QED) is 0.667. The van der Waals surface area contributed by atoms with Gasteiger partial charge in [-0.25, -0.2) is 4.79 Å². The highest BCUT2D eigenvalue weighted by atomic mass is 16.6. The first-order valence-corrected chi connectivity index (χ1v) is 8.02. The molecule has 0 saturated carbocycles. The Morgan fingerprint density at radius 3 is 2.58 bits per heavy atom. The Bertz CT molecular complexity index is 787. The fourth-order valence-electron chi connectivity index (χ4n) is 3.58. The van der Waals surface area contributed by atoms with Gasteiger partial charge in [-0.3, -0.25) is 4.79 Å². The Balaban J connectivity index is 1.78. The summed E-state index contributed by atoms with van der Waals surface area (Å²) in [4.78, 5) is 25.2. The lowest BCUT2D eigenvalue weighted by atomic mass is 9.82. The van der Waals surface area contributed by atoms with Crippen LogP contribution in [0.2, 0.25) is 0 Å². The topological polar surface area (TPSA) is 64.6 Å². The number of benzene rings is 1. The molecule has 5 nitrogen and oxygen atoms in total. The maximum Gasteiger partial charge on any atom is 0.338 e. The highest BCUT2D eigenvalue weighted by molar-refractivity contribution is 6.09. The molecule has 3 aliphatic rings. The van der Waals surface area contributed by atoms with Crippen LogP contribution in [0.1, 0.15) is 26.3 Å². The van der Waals surface area contributed by atoms with Gasteiger partial charge in [0.15, 0.2) is 5.60 Å². The molecule has 24 heavy (non-hydrogen) atoms. The van der Waals surface area contributed by atoms with Crippen LogP contribution in [0.25, 0.3) is 5.57 Å². The Labute approximate surface area is 140 Å². The van der Waals surface area contributed by atoms with Crippen molar-refractivity contribution in [2.24, 2.45) is 0 Å². The molecule has 1 amide bonds. The lowest BCUT2D eigenvalue weighted by Gasteiger charge is -2.28. The van der Waals surface area contributed by atoms with Crippen LogP contribution in [-0.2, 0) is 19.1 Å². The van der Waals surface area contributed by atoms with E-state index in [1.807, 2.05) is 57.2 Å². The number of ether oxygens (including phenoxy) is 2. The molecule has 1 saturated heterocycles. The van der Waals surface area contributed by atoms with Gasteiger partial charge in [0.2, 0.25) is 6.10 Å². The zero-order chi connectivity index (χ0) is 17.1. The van der Waals surface area contributed by atoms with Crippen LogP contribution >= 0.6 is 0 Å². The van der Waals surface area contributed by atoms with E-state index in [1.165, 1.54) is 0 Å². The standard InChI is InChI=1S/C19H19NO4/c1-18(2,3)20-16(21)15-19-10-9-12(24-19)13(14(19)17(22)23-15)11-7-5-4-6-8-11/h4-10,12,15H,1-3H3,(H,20,21)/t12-,15+,19+/m0/s1. The van der Waals surface area contributed by atoms with Gasteiger partial charge in [-0.2, -0.15) is 0 Å². The summed E-state index contributed by atoms with van der Waals surface area (Å²) in [5, 5.41) is 2.87. The largest absolute Gasteiger partial charge is 0.445 e. The Hall–Kier alpha value is -2.40. The van der Waals surface area contributed by atoms with Crippen molar-refractivity contribution in [1.82, 2.24) is 5.32 Å². The Morgan fingerprint density at radius 2 is 1.92 bits per heavy atom. The van der Waals surface area contributed by atoms with Gasteiger partial charge in [-0.15, -0.1) is 0 Å². The summed E-state index contributed by atoms with van der Waals surface area (Å²) in [6, 6.07) is 9.61. The smallest absolute Gasteiger partial charge is 0.338 e. The number of amides is 1. The van der Waals surface area contributed by atoms with E-state index in [4.69, 9.17) is 9.47 Å². The first kappa shape index (κ1) is 15.1. The number of hydrogen-bond acceptors (Lipinski definition) is 4. The van der Waals surface area contributed by atoms with Crippen LogP contribution in [0.5, 0.6) is 0 Å². The summed E-state index contributed by atoms with van der Waals surface area (Å²) >= 11 is 0. The summed E-state index contributed by atoms with van der Waals surface area (Å²) in [5.74, 6) is -0.819. The first-order valence-electron chi connectivity index (χ1n) is 8.02. The average molecular weight is 325 g/mol.